The van der Waals surface area contributed by atoms with Gasteiger partial charge in [-0.3, -0.25) is 0 Å². The zero-order valence-corrected chi connectivity index (χ0v) is 15.0. The molecule has 0 saturated heterocycles. The quantitative estimate of drug-likeness (QED) is 0.427. The molecule has 0 spiro atoms. The molecule has 0 radical (unpaired) electrons. The molecular weight excluding hydrogens is 349 g/mol. The van der Waals surface area contributed by atoms with Crippen molar-refractivity contribution in [3.63, 3.8) is 0 Å². The van der Waals surface area contributed by atoms with Crippen LogP contribution >= 0.6 is 0 Å². The van der Waals surface area contributed by atoms with Crippen LogP contribution in [0.5, 0.6) is 11.5 Å². The molecule has 0 aliphatic rings. The van der Waals surface area contributed by atoms with Crippen LogP contribution in [0.2, 0.25) is 0 Å². The minimum absolute atomic E-state index is 0. The number of benzene rings is 3. The van der Waals surface area contributed by atoms with Gasteiger partial charge in [-0.25, -0.2) is 4.98 Å². The molecule has 0 aliphatic carbocycles. The van der Waals surface area contributed by atoms with Gasteiger partial charge in [0.15, 0.2) is 6.20 Å². The maximum Gasteiger partial charge on any atom is 2.00 e. The topological polar surface area (TPSA) is 87.5 Å². The summed E-state index contributed by atoms with van der Waals surface area (Å²) in [4.78, 5) is 5.99. The number of para-hydroxylation sites is 4. The number of hydrogen-bond donors (Lipinski definition) is 0. The van der Waals surface area contributed by atoms with E-state index in [2.05, 4.69) is 9.97 Å². The molecular formula is C22H16BeN2O3+2. The van der Waals surface area contributed by atoms with Crippen LogP contribution in [-0.4, -0.2) is 10.1 Å². The van der Waals surface area contributed by atoms with E-state index >= 15 is 0 Å². The van der Waals surface area contributed by atoms with Gasteiger partial charge in [-0.15, -0.1) is 0 Å². The summed E-state index contributed by atoms with van der Waals surface area (Å²) < 4.78 is 5.58. The van der Waals surface area contributed by atoms with Crippen molar-refractivity contribution in [3.05, 3.63) is 85.1 Å². The van der Waals surface area contributed by atoms with Gasteiger partial charge >= 0.3 is 16.0 Å². The molecule has 5 nitrogen and oxygen atoms in total. The molecule has 0 unspecified atom stereocenters. The number of aromatic amines is 2. The number of aromatic nitrogens is 2. The molecule has 28 heavy (non-hydrogen) atoms. The van der Waals surface area contributed by atoms with Crippen molar-refractivity contribution >= 4 is 32.1 Å². The molecule has 5 aromatic rings. The molecule has 2 N–H and O–H groups in total. The zero-order valence-electron chi connectivity index (χ0n) is 15.0. The Labute approximate surface area is 165 Å². The van der Waals surface area contributed by atoms with Gasteiger partial charge in [0, 0.05) is 17.5 Å². The van der Waals surface area contributed by atoms with Crippen molar-refractivity contribution in [2.75, 3.05) is 0 Å². The van der Waals surface area contributed by atoms with E-state index < -0.39 is 0 Å². The van der Waals surface area contributed by atoms with Crippen molar-refractivity contribution in [3.8, 4) is 23.0 Å². The number of H-pyrrole nitrogens is 2. The second-order valence-electron chi connectivity index (χ2n) is 5.94. The first-order valence-corrected chi connectivity index (χ1v) is 8.46. The summed E-state index contributed by atoms with van der Waals surface area (Å²) in [5.74, 6) is 0.507. The summed E-state index contributed by atoms with van der Waals surface area (Å²) in [5, 5.41) is 23.7. The average molecular weight is 365 g/mol. The van der Waals surface area contributed by atoms with Gasteiger partial charge in [0.1, 0.15) is 0 Å². The minimum Gasteiger partial charge on any atom is -0.872 e. The van der Waals surface area contributed by atoms with E-state index in [1.165, 1.54) is 6.07 Å². The van der Waals surface area contributed by atoms with Crippen LogP contribution in [0.1, 0.15) is 0 Å². The summed E-state index contributed by atoms with van der Waals surface area (Å²) in [6.07, 6.45) is 1.75. The molecule has 0 amide bonds. The third-order valence-electron chi connectivity index (χ3n) is 4.14. The minimum atomic E-state index is -0.0437. The molecule has 6 heteroatoms. The Morgan fingerprint density at radius 3 is 2.21 bits per heavy atom. The predicted octanol–water partition coefficient (Wildman–Crippen LogP) is 2.33. The van der Waals surface area contributed by atoms with Gasteiger partial charge in [0.2, 0.25) is 16.6 Å². The van der Waals surface area contributed by atoms with Gasteiger partial charge in [-0.2, -0.15) is 4.98 Å². The predicted molar refractivity (Wildman–Crippen MR) is 103 cm³/mol. The van der Waals surface area contributed by atoms with E-state index in [0.29, 0.717) is 17.0 Å². The Morgan fingerprint density at radius 1 is 0.714 bits per heavy atom. The van der Waals surface area contributed by atoms with Gasteiger partial charge in [-0.05, 0) is 30.0 Å². The smallest absolute Gasteiger partial charge is 0.872 e. The van der Waals surface area contributed by atoms with Crippen LogP contribution < -0.4 is 20.2 Å². The standard InChI is InChI=1S/C13H9NO2.C9H7NO.Be/c15-11-7-3-1-5-9(11)13-14-10-6-2-4-8-12(10)16-13;11-8-5-1-3-7-4-2-6-10-9(7)8;/h1-8,15H;1-6,11H;/q;;+2. The first-order valence-electron chi connectivity index (χ1n) is 8.46. The second kappa shape index (κ2) is 8.33. The third kappa shape index (κ3) is 3.85. The van der Waals surface area contributed by atoms with Crippen LogP contribution in [-0.2, 0) is 0 Å². The van der Waals surface area contributed by atoms with Crippen molar-refractivity contribution in [2.45, 2.75) is 0 Å². The average Bonchev–Trinajstić information content (AvgIpc) is 3.13. The normalized spacial score (nSPS) is 10.1. The molecule has 0 saturated carbocycles. The summed E-state index contributed by atoms with van der Waals surface area (Å²) in [6, 6.07) is 23.4. The number of fused-ring (bicyclic) bond motifs is 2. The van der Waals surface area contributed by atoms with Crippen LogP contribution in [0.15, 0.2) is 89.5 Å². The number of nitrogens with one attached hydrogen (secondary N) is 2. The molecule has 5 rings (SSSR count). The van der Waals surface area contributed by atoms with Crippen LogP contribution in [0.4, 0.5) is 0 Å². The van der Waals surface area contributed by atoms with Crippen LogP contribution in [0, 0.1) is 0 Å². The Bertz CT molecular complexity index is 1180. The first-order chi connectivity index (χ1) is 13.2. The number of oxazole rings is 1. The van der Waals surface area contributed by atoms with Gasteiger partial charge in [0.25, 0.3) is 0 Å². The molecule has 0 bridgehead atoms. The first kappa shape index (κ1) is 19.1. The zero-order chi connectivity index (χ0) is 18.6. The SMILES string of the molecule is [Be+2].[O-]c1cccc2ccc[nH+]c12.[O-]c1ccccc1-c1[nH+]c2ccccc2o1. The monoisotopic (exact) mass is 365 g/mol. The van der Waals surface area contributed by atoms with Crippen molar-refractivity contribution < 1.29 is 24.6 Å². The van der Waals surface area contributed by atoms with E-state index in [9.17, 15) is 10.2 Å². The Hall–Kier alpha value is -3.69. The maximum atomic E-state index is 11.6. The van der Waals surface area contributed by atoms with Gasteiger partial charge in [-0.1, -0.05) is 48.2 Å². The number of pyridine rings is 1. The molecule has 0 fully saturated rings. The molecule has 2 heterocycles. The molecule has 2 aromatic heterocycles. The van der Waals surface area contributed by atoms with E-state index in [-0.39, 0.29) is 21.6 Å². The van der Waals surface area contributed by atoms with Crippen molar-refractivity contribution in [2.24, 2.45) is 0 Å². The number of hydrogen-bond acceptors (Lipinski definition) is 3. The fourth-order valence-electron chi connectivity index (χ4n) is 2.82. The fourth-order valence-corrected chi connectivity index (χ4v) is 2.82. The molecule has 0 aliphatic heterocycles. The molecule has 132 valence electrons. The number of rotatable bonds is 1. The fraction of sp³-hybridized carbons (Fsp3) is 0. The van der Waals surface area contributed by atoms with E-state index in [0.717, 1.165) is 16.5 Å². The summed E-state index contributed by atoms with van der Waals surface area (Å²) >= 11 is 0. The third-order valence-corrected chi connectivity index (χ3v) is 4.14. The van der Waals surface area contributed by atoms with E-state index in [1.54, 1.807) is 30.5 Å². The van der Waals surface area contributed by atoms with Crippen molar-refractivity contribution in [1.29, 1.82) is 0 Å². The molecule has 3 aromatic carbocycles. The summed E-state index contributed by atoms with van der Waals surface area (Å²) in [7, 11) is 0. The second-order valence-corrected chi connectivity index (χ2v) is 5.94. The van der Waals surface area contributed by atoms with E-state index in [1.807, 2.05) is 48.5 Å². The Morgan fingerprint density at radius 2 is 1.43 bits per heavy atom. The van der Waals surface area contributed by atoms with Gasteiger partial charge < -0.3 is 14.6 Å². The molecule has 0 atom stereocenters. The largest absolute Gasteiger partial charge is 2.00 e. The summed E-state index contributed by atoms with van der Waals surface area (Å²) in [5.41, 5.74) is 2.87. The Kier molecular flexibility index (Phi) is 5.68. The van der Waals surface area contributed by atoms with Crippen LogP contribution in [0.3, 0.4) is 0 Å². The Balaban J connectivity index is 0.000000165. The van der Waals surface area contributed by atoms with E-state index in [4.69, 9.17) is 4.42 Å². The van der Waals surface area contributed by atoms with Crippen molar-refractivity contribution in [1.82, 2.24) is 0 Å². The van der Waals surface area contributed by atoms with Gasteiger partial charge in [0.05, 0.1) is 5.56 Å². The summed E-state index contributed by atoms with van der Waals surface area (Å²) in [6.45, 7) is 0. The maximum absolute atomic E-state index is 11.6. The van der Waals surface area contributed by atoms with Crippen LogP contribution in [0.25, 0.3) is 33.5 Å².